The minimum Gasteiger partial charge on any atom is -0.340 e. The third kappa shape index (κ3) is 2.27. The quantitative estimate of drug-likeness (QED) is 0.771. The normalized spacial score (nSPS) is 27.2. The van der Waals surface area contributed by atoms with Gasteiger partial charge in [0.25, 0.3) is 0 Å². The number of likely N-dealkylation sites (N-methyl/N-ethyl adjacent to an activating group) is 1. The number of likely N-dealkylation sites (tertiary alicyclic amines) is 1. The van der Waals surface area contributed by atoms with Gasteiger partial charge in [-0.3, -0.25) is 9.69 Å². The maximum atomic E-state index is 12.8. The van der Waals surface area contributed by atoms with Gasteiger partial charge in [-0.1, -0.05) is 42.5 Å². The molecule has 1 aromatic carbocycles. The van der Waals surface area contributed by atoms with Gasteiger partial charge in [-0.05, 0) is 31.4 Å². The van der Waals surface area contributed by atoms with E-state index in [4.69, 9.17) is 0 Å². The van der Waals surface area contributed by atoms with E-state index in [2.05, 4.69) is 41.3 Å². The topological polar surface area (TPSA) is 23.6 Å². The van der Waals surface area contributed by atoms with Gasteiger partial charge in [0.1, 0.15) is 5.54 Å². The Labute approximate surface area is 120 Å². The summed E-state index contributed by atoms with van der Waals surface area (Å²) < 4.78 is 0. The van der Waals surface area contributed by atoms with Crippen molar-refractivity contribution in [3.8, 4) is 0 Å². The molecule has 1 atom stereocenters. The summed E-state index contributed by atoms with van der Waals surface area (Å²) >= 11 is 0. The van der Waals surface area contributed by atoms with Crippen LogP contribution in [0.4, 0.5) is 0 Å². The smallest absolute Gasteiger partial charge is 0.243 e. The second-order valence-corrected chi connectivity index (χ2v) is 5.90. The molecule has 106 valence electrons. The molecule has 0 aliphatic carbocycles. The van der Waals surface area contributed by atoms with Gasteiger partial charge in [0.2, 0.25) is 5.91 Å². The molecule has 0 N–H and O–H groups in total. The molecule has 1 unspecified atom stereocenters. The van der Waals surface area contributed by atoms with E-state index < -0.39 is 0 Å². The van der Waals surface area contributed by atoms with E-state index in [1.807, 2.05) is 18.0 Å². The van der Waals surface area contributed by atoms with Crippen LogP contribution in [-0.2, 0) is 11.3 Å². The molecule has 0 saturated carbocycles. The van der Waals surface area contributed by atoms with E-state index in [0.717, 1.165) is 38.9 Å². The second kappa shape index (κ2) is 5.41. The summed E-state index contributed by atoms with van der Waals surface area (Å²) in [6, 6.07) is 10.5. The number of amides is 1. The van der Waals surface area contributed by atoms with E-state index in [0.29, 0.717) is 0 Å². The van der Waals surface area contributed by atoms with Crippen molar-refractivity contribution in [3.05, 3.63) is 48.0 Å². The zero-order valence-electron chi connectivity index (χ0n) is 12.1. The zero-order chi connectivity index (χ0) is 14.0. The van der Waals surface area contributed by atoms with E-state index >= 15 is 0 Å². The average molecular weight is 270 g/mol. The van der Waals surface area contributed by atoms with Crippen LogP contribution >= 0.6 is 0 Å². The molecule has 0 aromatic heterocycles. The van der Waals surface area contributed by atoms with Crippen molar-refractivity contribution in [2.75, 3.05) is 20.1 Å². The van der Waals surface area contributed by atoms with Gasteiger partial charge in [0.15, 0.2) is 0 Å². The second-order valence-electron chi connectivity index (χ2n) is 5.90. The van der Waals surface area contributed by atoms with Crippen LogP contribution < -0.4 is 0 Å². The van der Waals surface area contributed by atoms with E-state index in [9.17, 15) is 4.79 Å². The average Bonchev–Trinajstić information content (AvgIpc) is 2.81. The Bertz CT molecular complexity index is 511. The number of carbonyl (C=O) groups excluding carboxylic acids is 1. The van der Waals surface area contributed by atoms with Crippen molar-refractivity contribution in [1.29, 1.82) is 0 Å². The Morgan fingerprint density at radius 3 is 2.80 bits per heavy atom. The summed E-state index contributed by atoms with van der Waals surface area (Å²) in [6.07, 6.45) is 7.24. The van der Waals surface area contributed by atoms with Crippen LogP contribution in [0.3, 0.4) is 0 Å². The SMILES string of the molecule is CN1CC=CCC2(CCCN2Cc2ccccc2)C1=O. The molecule has 1 aromatic rings. The van der Waals surface area contributed by atoms with Crippen LogP contribution in [0, 0.1) is 0 Å². The molecule has 1 fully saturated rings. The summed E-state index contributed by atoms with van der Waals surface area (Å²) in [4.78, 5) is 17.1. The molecule has 2 aliphatic rings. The van der Waals surface area contributed by atoms with Crippen LogP contribution in [0.1, 0.15) is 24.8 Å². The van der Waals surface area contributed by atoms with Gasteiger partial charge in [-0.2, -0.15) is 0 Å². The Morgan fingerprint density at radius 2 is 2.00 bits per heavy atom. The lowest BCUT2D eigenvalue weighted by Crippen LogP contribution is -2.54. The van der Waals surface area contributed by atoms with Crippen LogP contribution in [0.2, 0.25) is 0 Å². The van der Waals surface area contributed by atoms with Crippen molar-refractivity contribution < 1.29 is 4.79 Å². The minimum atomic E-state index is -0.308. The van der Waals surface area contributed by atoms with Crippen molar-refractivity contribution in [1.82, 2.24) is 9.80 Å². The number of nitrogens with zero attached hydrogens (tertiary/aromatic N) is 2. The van der Waals surface area contributed by atoms with E-state index in [1.54, 1.807) is 0 Å². The van der Waals surface area contributed by atoms with Gasteiger partial charge in [-0.25, -0.2) is 0 Å². The molecular formula is C17H22N2O. The predicted octanol–water partition coefficient (Wildman–Crippen LogP) is 2.44. The van der Waals surface area contributed by atoms with Crippen molar-refractivity contribution in [2.45, 2.75) is 31.3 Å². The number of carbonyl (C=O) groups is 1. The molecule has 0 bridgehead atoms. The molecule has 3 heteroatoms. The maximum absolute atomic E-state index is 12.8. The largest absolute Gasteiger partial charge is 0.340 e. The highest BCUT2D eigenvalue weighted by Crippen LogP contribution is 2.36. The number of benzene rings is 1. The molecule has 3 nitrogen and oxygen atoms in total. The molecule has 2 aliphatic heterocycles. The van der Waals surface area contributed by atoms with Gasteiger partial charge in [-0.15, -0.1) is 0 Å². The Balaban J connectivity index is 1.87. The summed E-state index contributed by atoms with van der Waals surface area (Å²) in [7, 11) is 1.92. The highest BCUT2D eigenvalue weighted by atomic mass is 16.2. The maximum Gasteiger partial charge on any atom is 0.243 e. The van der Waals surface area contributed by atoms with Crippen molar-refractivity contribution >= 4 is 5.91 Å². The van der Waals surface area contributed by atoms with E-state index in [-0.39, 0.29) is 11.4 Å². The standard InChI is InChI=1S/C17H22N2O/c1-18-12-6-5-10-17(16(18)20)11-7-13-19(17)14-15-8-3-2-4-9-15/h2-6,8-9H,7,10-14H2,1H3. The summed E-state index contributed by atoms with van der Waals surface area (Å²) in [5, 5.41) is 0. The molecule has 20 heavy (non-hydrogen) atoms. The molecular weight excluding hydrogens is 248 g/mol. The van der Waals surface area contributed by atoms with Crippen molar-refractivity contribution in [3.63, 3.8) is 0 Å². The predicted molar refractivity (Wildman–Crippen MR) is 80.2 cm³/mol. The minimum absolute atomic E-state index is 0.288. The Morgan fingerprint density at radius 1 is 1.20 bits per heavy atom. The van der Waals surface area contributed by atoms with E-state index in [1.165, 1.54) is 5.56 Å². The van der Waals surface area contributed by atoms with Gasteiger partial charge in [0.05, 0.1) is 0 Å². The fourth-order valence-electron chi connectivity index (χ4n) is 3.48. The lowest BCUT2D eigenvalue weighted by molar-refractivity contribution is -0.141. The third-order valence-electron chi connectivity index (χ3n) is 4.59. The molecule has 1 saturated heterocycles. The lowest BCUT2D eigenvalue weighted by Gasteiger charge is -2.38. The van der Waals surface area contributed by atoms with Crippen LogP contribution in [0.25, 0.3) is 0 Å². The van der Waals surface area contributed by atoms with Crippen molar-refractivity contribution in [2.24, 2.45) is 0 Å². The summed E-state index contributed by atoms with van der Waals surface area (Å²) in [6.45, 7) is 2.62. The number of rotatable bonds is 2. The van der Waals surface area contributed by atoms with Crippen LogP contribution in [0.5, 0.6) is 0 Å². The van der Waals surface area contributed by atoms with Gasteiger partial charge < -0.3 is 4.90 Å². The lowest BCUT2D eigenvalue weighted by atomic mass is 9.90. The monoisotopic (exact) mass is 270 g/mol. The number of hydrogen-bond donors (Lipinski definition) is 0. The number of hydrogen-bond acceptors (Lipinski definition) is 2. The fourth-order valence-corrected chi connectivity index (χ4v) is 3.48. The summed E-state index contributed by atoms with van der Waals surface area (Å²) in [5.41, 5.74) is 0.981. The van der Waals surface area contributed by atoms with Crippen LogP contribution in [-0.4, -0.2) is 41.4 Å². The molecule has 1 amide bonds. The molecule has 2 heterocycles. The molecule has 1 spiro atoms. The first kappa shape index (κ1) is 13.4. The van der Waals surface area contributed by atoms with Gasteiger partial charge >= 0.3 is 0 Å². The first-order valence-corrected chi connectivity index (χ1v) is 7.42. The molecule has 3 rings (SSSR count). The highest BCUT2D eigenvalue weighted by molar-refractivity contribution is 5.87. The fraction of sp³-hybridized carbons (Fsp3) is 0.471. The van der Waals surface area contributed by atoms with Gasteiger partial charge in [0, 0.05) is 20.1 Å². The first-order chi connectivity index (χ1) is 9.72. The first-order valence-electron chi connectivity index (χ1n) is 7.42. The highest BCUT2D eigenvalue weighted by Gasteiger charge is 2.48. The zero-order valence-corrected chi connectivity index (χ0v) is 12.1. The molecule has 0 radical (unpaired) electrons. The summed E-state index contributed by atoms with van der Waals surface area (Å²) in [5.74, 6) is 0.288. The third-order valence-corrected chi connectivity index (χ3v) is 4.59. The Hall–Kier alpha value is -1.61. The van der Waals surface area contributed by atoms with Crippen LogP contribution in [0.15, 0.2) is 42.5 Å². The Kier molecular flexibility index (Phi) is 3.62.